The van der Waals surface area contributed by atoms with Crippen LogP contribution in [0.25, 0.3) is 0 Å². The number of carbonyl (C=O) groups is 1. The third-order valence-electron chi connectivity index (χ3n) is 4.38. The number of thiazole rings is 1. The Morgan fingerprint density at radius 1 is 1.36 bits per heavy atom. The van der Waals surface area contributed by atoms with E-state index in [0.29, 0.717) is 13.1 Å². The van der Waals surface area contributed by atoms with E-state index in [0.717, 1.165) is 23.3 Å². The Morgan fingerprint density at radius 2 is 2.12 bits per heavy atom. The van der Waals surface area contributed by atoms with Crippen molar-refractivity contribution < 1.29 is 4.79 Å². The number of aryl methyl sites for hydroxylation is 1. The Hall–Kier alpha value is -2.14. The molecular formula is C20H25N3OS. The lowest BCUT2D eigenvalue weighted by molar-refractivity contribution is -0.119. The lowest BCUT2D eigenvalue weighted by Gasteiger charge is -2.27. The van der Waals surface area contributed by atoms with Crippen molar-refractivity contribution in [2.45, 2.75) is 45.7 Å². The van der Waals surface area contributed by atoms with Crippen molar-refractivity contribution in [3.63, 3.8) is 0 Å². The molecule has 5 heteroatoms. The predicted octanol–water partition coefficient (Wildman–Crippen LogP) is 3.57. The number of fused-ring (bicyclic) bond motifs is 1. The highest BCUT2D eigenvalue weighted by atomic mass is 32.1. The van der Waals surface area contributed by atoms with Gasteiger partial charge in [-0.05, 0) is 45.2 Å². The Balaban J connectivity index is 1.93. The zero-order valence-corrected chi connectivity index (χ0v) is 15.8. The van der Waals surface area contributed by atoms with E-state index >= 15 is 0 Å². The van der Waals surface area contributed by atoms with Gasteiger partial charge in [-0.25, -0.2) is 0 Å². The van der Waals surface area contributed by atoms with Crippen LogP contribution in [0, 0.1) is 0 Å². The summed E-state index contributed by atoms with van der Waals surface area (Å²) in [5.74, 6) is 0.105. The molecule has 0 radical (unpaired) electrons. The van der Waals surface area contributed by atoms with Gasteiger partial charge in [-0.1, -0.05) is 24.3 Å². The highest BCUT2D eigenvalue weighted by molar-refractivity contribution is 7.09. The minimum absolute atomic E-state index is 0.105. The van der Waals surface area contributed by atoms with Crippen molar-refractivity contribution in [2.24, 2.45) is 4.99 Å². The van der Waals surface area contributed by atoms with Crippen molar-refractivity contribution in [1.82, 2.24) is 4.57 Å². The number of carbonyl (C=O) groups excluding carboxylic acids is 1. The van der Waals surface area contributed by atoms with E-state index in [1.54, 1.807) is 17.4 Å². The van der Waals surface area contributed by atoms with Crippen molar-refractivity contribution in [3.8, 4) is 0 Å². The molecule has 0 aliphatic heterocycles. The third kappa shape index (κ3) is 3.76. The topological polar surface area (TPSA) is 37.6 Å². The summed E-state index contributed by atoms with van der Waals surface area (Å²) < 4.78 is 2.12. The Labute approximate surface area is 153 Å². The fraction of sp³-hybridized carbons (Fsp3) is 0.400. The molecule has 0 bridgehead atoms. The van der Waals surface area contributed by atoms with E-state index in [9.17, 15) is 4.79 Å². The maximum absolute atomic E-state index is 13.1. The van der Waals surface area contributed by atoms with Crippen LogP contribution in [0.5, 0.6) is 0 Å². The fourth-order valence-electron chi connectivity index (χ4n) is 3.33. The molecule has 0 atom stereocenters. The average Bonchev–Trinajstić information content (AvgIpc) is 3.16. The van der Waals surface area contributed by atoms with Crippen LogP contribution in [-0.4, -0.2) is 23.1 Å². The summed E-state index contributed by atoms with van der Waals surface area (Å²) in [5.41, 5.74) is 2.23. The zero-order chi connectivity index (χ0) is 17.8. The van der Waals surface area contributed by atoms with Gasteiger partial charge in [-0.2, -0.15) is 0 Å². The van der Waals surface area contributed by atoms with Gasteiger partial charge in [0, 0.05) is 22.3 Å². The normalized spacial score (nSPS) is 14.0. The summed E-state index contributed by atoms with van der Waals surface area (Å²) in [6.45, 7) is 8.78. The van der Waals surface area contributed by atoms with E-state index in [2.05, 4.69) is 30.0 Å². The molecule has 1 heterocycles. The second-order valence-corrected chi connectivity index (χ2v) is 7.58. The van der Waals surface area contributed by atoms with Crippen molar-refractivity contribution in [2.75, 3.05) is 11.4 Å². The number of amides is 1. The van der Waals surface area contributed by atoms with Crippen LogP contribution in [0.1, 0.15) is 30.8 Å². The monoisotopic (exact) mass is 355 g/mol. The molecule has 0 N–H and O–H groups in total. The van der Waals surface area contributed by atoms with Crippen LogP contribution < -0.4 is 9.70 Å². The smallest absolute Gasteiger partial charge is 0.247 e. The van der Waals surface area contributed by atoms with E-state index in [4.69, 9.17) is 0 Å². The first-order valence-corrected chi connectivity index (χ1v) is 9.63. The standard InChI is InChI=1S/C20H25N3OS/c1-4-13-21-20-22(17-11-8-12-18(17)25-20)14-19(24)23(15(2)3)16-9-6-5-7-10-16/h4-7,9-10,15H,1,8,11-14H2,2-3H3. The largest absolute Gasteiger partial charge is 0.311 e. The van der Waals surface area contributed by atoms with Crippen molar-refractivity contribution in [1.29, 1.82) is 0 Å². The van der Waals surface area contributed by atoms with Crippen LogP contribution in [0.4, 0.5) is 5.69 Å². The zero-order valence-electron chi connectivity index (χ0n) is 14.9. The second-order valence-electron chi connectivity index (χ2n) is 6.52. The number of nitrogens with zero attached hydrogens (tertiary/aromatic N) is 3. The first-order valence-electron chi connectivity index (χ1n) is 8.81. The number of anilines is 1. The van der Waals surface area contributed by atoms with E-state index in [-0.39, 0.29) is 11.9 Å². The molecule has 1 amide bonds. The molecule has 132 valence electrons. The van der Waals surface area contributed by atoms with Gasteiger partial charge in [0.05, 0.1) is 6.54 Å². The maximum atomic E-state index is 13.1. The van der Waals surface area contributed by atoms with Crippen LogP contribution in [0.15, 0.2) is 48.0 Å². The highest BCUT2D eigenvalue weighted by Crippen LogP contribution is 2.25. The van der Waals surface area contributed by atoms with Crippen LogP contribution in [-0.2, 0) is 24.2 Å². The second kappa shape index (κ2) is 7.83. The van der Waals surface area contributed by atoms with Crippen LogP contribution >= 0.6 is 11.3 Å². The quantitative estimate of drug-likeness (QED) is 0.730. The molecule has 1 aromatic carbocycles. The SMILES string of the molecule is C=CCN=c1sc2c(n1CC(=O)N(c1ccccc1)C(C)C)CCC2. The average molecular weight is 356 g/mol. The lowest BCUT2D eigenvalue weighted by atomic mass is 10.2. The molecule has 0 unspecified atom stereocenters. The van der Waals surface area contributed by atoms with Gasteiger partial charge in [0.25, 0.3) is 0 Å². The summed E-state index contributed by atoms with van der Waals surface area (Å²) in [6, 6.07) is 10.00. The van der Waals surface area contributed by atoms with E-state index in [1.165, 1.54) is 17.0 Å². The van der Waals surface area contributed by atoms with Gasteiger partial charge in [0.2, 0.25) is 5.91 Å². The van der Waals surface area contributed by atoms with Gasteiger partial charge < -0.3 is 9.47 Å². The molecule has 0 fully saturated rings. The van der Waals surface area contributed by atoms with Gasteiger partial charge >= 0.3 is 0 Å². The Kier molecular flexibility index (Phi) is 5.53. The van der Waals surface area contributed by atoms with Crippen molar-refractivity contribution >= 4 is 22.9 Å². The summed E-state index contributed by atoms with van der Waals surface area (Å²) in [4.78, 5) is 21.9. The predicted molar refractivity (Wildman–Crippen MR) is 104 cm³/mol. The number of para-hydroxylation sites is 1. The maximum Gasteiger partial charge on any atom is 0.247 e. The highest BCUT2D eigenvalue weighted by Gasteiger charge is 2.24. The fourth-order valence-corrected chi connectivity index (χ4v) is 4.55. The molecular weight excluding hydrogens is 330 g/mol. The lowest BCUT2D eigenvalue weighted by Crippen LogP contribution is -2.40. The minimum Gasteiger partial charge on any atom is -0.311 e. The Morgan fingerprint density at radius 3 is 2.80 bits per heavy atom. The van der Waals surface area contributed by atoms with Gasteiger partial charge in [0.15, 0.2) is 4.80 Å². The third-order valence-corrected chi connectivity index (χ3v) is 5.60. The number of hydrogen-bond acceptors (Lipinski definition) is 3. The summed E-state index contributed by atoms with van der Waals surface area (Å²) >= 11 is 1.72. The molecule has 25 heavy (non-hydrogen) atoms. The molecule has 2 aromatic rings. The van der Waals surface area contributed by atoms with Crippen LogP contribution in [0.2, 0.25) is 0 Å². The van der Waals surface area contributed by atoms with E-state index in [1.807, 2.05) is 35.2 Å². The molecule has 0 saturated carbocycles. The molecule has 1 aliphatic rings. The summed E-state index contributed by atoms with van der Waals surface area (Å²) in [7, 11) is 0. The van der Waals surface area contributed by atoms with Gasteiger partial charge in [-0.15, -0.1) is 17.9 Å². The van der Waals surface area contributed by atoms with Crippen molar-refractivity contribution in [3.05, 3.63) is 58.4 Å². The van der Waals surface area contributed by atoms with Gasteiger partial charge in [0.1, 0.15) is 6.54 Å². The van der Waals surface area contributed by atoms with Crippen LogP contribution in [0.3, 0.4) is 0 Å². The van der Waals surface area contributed by atoms with E-state index < -0.39 is 0 Å². The first-order chi connectivity index (χ1) is 12.1. The Bertz CT molecular complexity index is 817. The minimum atomic E-state index is 0.105. The number of benzene rings is 1. The molecule has 1 aliphatic carbocycles. The summed E-state index contributed by atoms with van der Waals surface area (Å²) in [5, 5.41) is 0. The molecule has 4 nitrogen and oxygen atoms in total. The molecule has 0 spiro atoms. The van der Waals surface area contributed by atoms with Gasteiger partial charge in [-0.3, -0.25) is 9.79 Å². The molecule has 0 saturated heterocycles. The molecule has 3 rings (SSSR count). The molecule has 1 aromatic heterocycles. The number of aromatic nitrogens is 1. The first kappa shape index (κ1) is 17.7. The summed E-state index contributed by atoms with van der Waals surface area (Å²) in [6.07, 6.45) is 5.10. The number of rotatable bonds is 6. The number of hydrogen-bond donors (Lipinski definition) is 0.